The summed E-state index contributed by atoms with van der Waals surface area (Å²) in [5.41, 5.74) is 1.02. The Morgan fingerprint density at radius 1 is 1.22 bits per heavy atom. The van der Waals surface area contributed by atoms with Crippen molar-refractivity contribution in [1.29, 1.82) is 0 Å². The van der Waals surface area contributed by atoms with Gasteiger partial charge in [0.2, 0.25) is 5.91 Å². The summed E-state index contributed by atoms with van der Waals surface area (Å²) in [7, 11) is 0. The first-order valence-electron chi connectivity index (χ1n) is 8.61. The number of amides is 1. The molecule has 3 rings (SSSR count). The quantitative estimate of drug-likeness (QED) is 0.877. The van der Waals surface area contributed by atoms with Gasteiger partial charge in [-0.15, -0.1) is 0 Å². The lowest BCUT2D eigenvalue weighted by Crippen LogP contribution is -2.39. The van der Waals surface area contributed by atoms with E-state index in [0.29, 0.717) is 12.6 Å². The first kappa shape index (κ1) is 16.2. The van der Waals surface area contributed by atoms with Crippen LogP contribution in [0.15, 0.2) is 24.3 Å². The van der Waals surface area contributed by atoms with E-state index in [1.165, 1.54) is 19.3 Å². The molecule has 1 aromatic carbocycles. The molecule has 0 unspecified atom stereocenters. The van der Waals surface area contributed by atoms with Crippen LogP contribution in [0, 0.1) is 0 Å². The van der Waals surface area contributed by atoms with Crippen LogP contribution in [0.2, 0.25) is 0 Å². The van der Waals surface area contributed by atoms with Crippen LogP contribution >= 0.6 is 0 Å². The monoisotopic (exact) mass is 320 g/mol. The van der Waals surface area contributed by atoms with Crippen molar-refractivity contribution < 1.29 is 13.9 Å². The van der Waals surface area contributed by atoms with Crippen LogP contribution in [0.25, 0.3) is 0 Å². The summed E-state index contributed by atoms with van der Waals surface area (Å²) in [5.74, 6) is 0.761. The van der Waals surface area contributed by atoms with Gasteiger partial charge in [-0.3, -0.25) is 4.79 Å². The van der Waals surface area contributed by atoms with Gasteiger partial charge in [0.25, 0.3) is 0 Å². The molecule has 2 aliphatic rings. The first-order valence-corrected chi connectivity index (χ1v) is 8.61. The Balaban J connectivity index is 1.44. The van der Waals surface area contributed by atoms with E-state index in [2.05, 4.69) is 10.6 Å². The molecule has 5 heteroatoms. The van der Waals surface area contributed by atoms with Gasteiger partial charge in [-0.2, -0.15) is 0 Å². The summed E-state index contributed by atoms with van der Waals surface area (Å²) < 4.78 is 19.1. The molecule has 1 aliphatic carbocycles. The molecule has 2 fully saturated rings. The van der Waals surface area contributed by atoms with Crippen molar-refractivity contribution in [3.05, 3.63) is 29.8 Å². The Kier molecular flexibility index (Phi) is 5.49. The topological polar surface area (TPSA) is 50.4 Å². The average molecular weight is 320 g/mol. The van der Waals surface area contributed by atoms with Crippen LogP contribution in [0.3, 0.4) is 0 Å². The molecule has 2 atom stereocenters. The third kappa shape index (κ3) is 4.67. The maximum absolute atomic E-state index is 13.1. The Morgan fingerprint density at radius 3 is 2.61 bits per heavy atom. The zero-order valence-corrected chi connectivity index (χ0v) is 13.4. The van der Waals surface area contributed by atoms with Gasteiger partial charge in [0.05, 0.1) is 12.1 Å². The van der Waals surface area contributed by atoms with Gasteiger partial charge in [-0.25, -0.2) is 4.39 Å². The highest BCUT2D eigenvalue weighted by molar-refractivity contribution is 5.82. The number of ether oxygens (including phenoxy) is 1. The highest BCUT2D eigenvalue weighted by Crippen LogP contribution is 2.23. The molecule has 1 saturated heterocycles. The van der Waals surface area contributed by atoms with E-state index in [0.717, 1.165) is 24.2 Å². The van der Waals surface area contributed by atoms with Crippen LogP contribution in [-0.4, -0.2) is 30.8 Å². The standard InChI is InChI=1S/C18H25FN2O2/c19-14-10-17(20-12-14)18(22)21-11-13-6-8-16(9-7-13)23-15-4-2-1-3-5-15/h6-9,14-15,17,20H,1-5,10-12H2,(H,21,22)/t14-,17+/m0/s1. The van der Waals surface area contributed by atoms with Crippen LogP contribution in [0.4, 0.5) is 4.39 Å². The lowest BCUT2D eigenvalue weighted by Gasteiger charge is -2.23. The van der Waals surface area contributed by atoms with Crippen molar-refractivity contribution in [2.75, 3.05) is 6.54 Å². The summed E-state index contributed by atoms with van der Waals surface area (Å²) in [5, 5.41) is 5.74. The van der Waals surface area contributed by atoms with Crippen molar-refractivity contribution in [3.8, 4) is 5.75 Å². The van der Waals surface area contributed by atoms with E-state index in [9.17, 15) is 9.18 Å². The molecule has 0 spiro atoms. The van der Waals surface area contributed by atoms with Crippen molar-refractivity contribution in [2.24, 2.45) is 0 Å². The number of carbonyl (C=O) groups excluding carboxylic acids is 1. The van der Waals surface area contributed by atoms with Crippen LogP contribution in [0.5, 0.6) is 5.75 Å². The molecule has 0 aromatic heterocycles. The molecule has 2 N–H and O–H groups in total. The molecule has 4 nitrogen and oxygen atoms in total. The fourth-order valence-corrected chi connectivity index (χ4v) is 3.27. The third-order valence-corrected chi connectivity index (χ3v) is 4.64. The molecule has 1 saturated carbocycles. The van der Waals surface area contributed by atoms with Crippen molar-refractivity contribution in [3.63, 3.8) is 0 Å². The summed E-state index contributed by atoms with van der Waals surface area (Å²) in [6.07, 6.45) is 5.80. The van der Waals surface area contributed by atoms with Crippen LogP contribution in [-0.2, 0) is 11.3 Å². The molecule has 1 aromatic rings. The van der Waals surface area contributed by atoms with Gasteiger partial charge in [0, 0.05) is 19.5 Å². The maximum Gasteiger partial charge on any atom is 0.237 e. The molecule has 126 valence electrons. The van der Waals surface area contributed by atoms with Crippen molar-refractivity contribution >= 4 is 5.91 Å². The number of benzene rings is 1. The number of nitrogens with one attached hydrogen (secondary N) is 2. The van der Waals surface area contributed by atoms with Gasteiger partial charge >= 0.3 is 0 Å². The summed E-state index contributed by atoms with van der Waals surface area (Å²) in [6.45, 7) is 0.725. The number of halogens is 1. The van der Waals surface area contributed by atoms with Crippen molar-refractivity contribution in [1.82, 2.24) is 10.6 Å². The van der Waals surface area contributed by atoms with Gasteiger partial charge in [-0.05, 0) is 43.4 Å². The minimum atomic E-state index is -0.915. The first-order chi connectivity index (χ1) is 11.2. The number of alkyl halides is 1. The minimum Gasteiger partial charge on any atom is -0.490 e. The van der Waals surface area contributed by atoms with Gasteiger partial charge < -0.3 is 15.4 Å². The highest BCUT2D eigenvalue weighted by Gasteiger charge is 2.28. The number of carbonyl (C=O) groups is 1. The van der Waals surface area contributed by atoms with Gasteiger partial charge in [0.1, 0.15) is 11.9 Å². The fraction of sp³-hybridized carbons (Fsp3) is 0.611. The molecule has 0 radical (unpaired) electrons. The number of rotatable bonds is 5. The summed E-state index contributed by atoms with van der Waals surface area (Å²) >= 11 is 0. The third-order valence-electron chi connectivity index (χ3n) is 4.64. The lowest BCUT2D eigenvalue weighted by atomic mass is 9.98. The smallest absolute Gasteiger partial charge is 0.237 e. The van der Waals surface area contributed by atoms with Crippen LogP contribution in [0.1, 0.15) is 44.1 Å². The molecule has 23 heavy (non-hydrogen) atoms. The summed E-state index contributed by atoms with van der Waals surface area (Å²) in [4.78, 5) is 11.9. The Hall–Kier alpha value is -1.62. The van der Waals surface area contributed by atoms with E-state index < -0.39 is 12.2 Å². The molecular weight excluding hydrogens is 295 g/mol. The molecule has 1 aliphatic heterocycles. The highest BCUT2D eigenvalue weighted by atomic mass is 19.1. The second kappa shape index (κ2) is 7.77. The molecule has 0 bridgehead atoms. The number of hydrogen-bond donors (Lipinski definition) is 2. The van der Waals surface area contributed by atoms with E-state index in [1.807, 2.05) is 24.3 Å². The van der Waals surface area contributed by atoms with Gasteiger partial charge in [0.15, 0.2) is 0 Å². The summed E-state index contributed by atoms with van der Waals surface area (Å²) in [6, 6.07) is 7.46. The van der Waals surface area contributed by atoms with E-state index in [-0.39, 0.29) is 18.9 Å². The minimum absolute atomic E-state index is 0.132. The second-order valence-corrected chi connectivity index (χ2v) is 6.53. The Bertz CT molecular complexity index is 514. The maximum atomic E-state index is 13.1. The fourth-order valence-electron chi connectivity index (χ4n) is 3.27. The van der Waals surface area contributed by atoms with E-state index >= 15 is 0 Å². The Labute approximate surface area is 136 Å². The number of hydrogen-bond acceptors (Lipinski definition) is 3. The van der Waals surface area contributed by atoms with Crippen molar-refractivity contribution in [2.45, 2.75) is 63.4 Å². The SMILES string of the molecule is O=C(NCc1ccc(OC2CCCCC2)cc1)[C@H]1C[C@H](F)CN1. The Morgan fingerprint density at radius 2 is 1.96 bits per heavy atom. The molecule has 1 heterocycles. The normalized spacial score (nSPS) is 25.3. The zero-order valence-electron chi connectivity index (χ0n) is 13.4. The second-order valence-electron chi connectivity index (χ2n) is 6.53. The largest absolute Gasteiger partial charge is 0.490 e. The molecule has 1 amide bonds. The zero-order chi connectivity index (χ0) is 16.1. The van der Waals surface area contributed by atoms with E-state index in [1.54, 1.807) is 0 Å². The van der Waals surface area contributed by atoms with Crippen LogP contribution < -0.4 is 15.4 Å². The predicted molar refractivity (Wildman–Crippen MR) is 87.1 cm³/mol. The van der Waals surface area contributed by atoms with Gasteiger partial charge in [-0.1, -0.05) is 18.6 Å². The lowest BCUT2D eigenvalue weighted by molar-refractivity contribution is -0.123. The predicted octanol–water partition coefficient (Wildman–Crippen LogP) is 2.71. The average Bonchev–Trinajstić information content (AvgIpc) is 3.01. The molecular formula is C18H25FN2O2. The van der Waals surface area contributed by atoms with E-state index in [4.69, 9.17) is 4.74 Å².